The molecular formula is C21H28N12O8. The Kier molecular flexibility index (Phi) is 6.91. The summed E-state index contributed by atoms with van der Waals surface area (Å²) in [4.78, 5) is 45.0. The number of aromatic nitrogens is 8. The van der Waals surface area contributed by atoms with Gasteiger partial charge in [-0.3, -0.25) is 34.1 Å². The van der Waals surface area contributed by atoms with Gasteiger partial charge in [0, 0.05) is 6.54 Å². The molecule has 220 valence electrons. The minimum absolute atomic E-state index is 0.00243. The van der Waals surface area contributed by atoms with Crippen LogP contribution in [0.15, 0.2) is 22.2 Å². The van der Waals surface area contributed by atoms with Crippen LogP contribution in [0.4, 0.5) is 11.9 Å². The maximum absolute atomic E-state index is 12.1. The number of H-pyrrole nitrogens is 2. The predicted molar refractivity (Wildman–Crippen MR) is 138 cm³/mol. The van der Waals surface area contributed by atoms with Crippen molar-refractivity contribution >= 4 is 34.2 Å². The van der Waals surface area contributed by atoms with Gasteiger partial charge in [-0.15, -0.1) is 0 Å². The molecule has 2 aliphatic rings. The summed E-state index contributed by atoms with van der Waals surface area (Å²) in [6.45, 7) is -0.238. The largest absolute Gasteiger partial charge is 0.394 e. The van der Waals surface area contributed by atoms with E-state index in [0.717, 1.165) is 0 Å². The fraction of sp³-hybridized carbons (Fsp3) is 0.524. The van der Waals surface area contributed by atoms with Gasteiger partial charge >= 0.3 is 0 Å². The quantitative estimate of drug-likeness (QED) is 0.0694. The number of hydrazine groups is 1. The normalized spacial score (nSPS) is 30.1. The molecule has 4 aromatic heterocycles. The first-order valence-electron chi connectivity index (χ1n) is 12.6. The van der Waals surface area contributed by atoms with Crippen LogP contribution in [0, 0.1) is 0 Å². The Balaban J connectivity index is 1.09. The number of rotatable bonds is 8. The van der Waals surface area contributed by atoms with E-state index in [-0.39, 0.29) is 47.2 Å². The lowest BCUT2D eigenvalue weighted by Crippen LogP contribution is -2.52. The average molecular weight is 577 g/mol. The van der Waals surface area contributed by atoms with Crippen LogP contribution in [-0.4, -0.2) is 109 Å². The van der Waals surface area contributed by atoms with E-state index in [9.17, 15) is 30.0 Å². The smallest absolute Gasteiger partial charge is 0.280 e. The fourth-order valence-corrected chi connectivity index (χ4v) is 5.17. The molecule has 4 aromatic rings. The first-order chi connectivity index (χ1) is 19.7. The van der Waals surface area contributed by atoms with E-state index in [2.05, 4.69) is 40.8 Å². The van der Waals surface area contributed by atoms with E-state index in [1.807, 2.05) is 0 Å². The second-order valence-electron chi connectivity index (χ2n) is 9.72. The zero-order valence-corrected chi connectivity index (χ0v) is 21.2. The number of nitrogen functional groups attached to an aromatic ring is 2. The number of nitrogens with two attached hydrogens (primary N) is 2. The van der Waals surface area contributed by atoms with E-state index < -0.39 is 66.7 Å². The van der Waals surface area contributed by atoms with Crippen LogP contribution in [0.3, 0.4) is 0 Å². The molecule has 8 atom stereocenters. The molecule has 2 fully saturated rings. The van der Waals surface area contributed by atoms with Gasteiger partial charge in [-0.2, -0.15) is 9.97 Å². The van der Waals surface area contributed by atoms with Gasteiger partial charge in [0.1, 0.15) is 24.4 Å². The topological polar surface area (TPSA) is 303 Å². The highest BCUT2D eigenvalue weighted by Gasteiger charge is 2.46. The molecule has 0 spiro atoms. The van der Waals surface area contributed by atoms with Crippen molar-refractivity contribution in [1.29, 1.82) is 0 Å². The van der Waals surface area contributed by atoms with Gasteiger partial charge in [-0.1, -0.05) is 0 Å². The molecule has 6 rings (SSSR count). The molecule has 0 saturated carbocycles. The van der Waals surface area contributed by atoms with Crippen molar-refractivity contribution in [2.75, 3.05) is 24.6 Å². The second kappa shape index (κ2) is 10.4. The number of aliphatic hydroxyl groups is 4. The third-order valence-corrected chi connectivity index (χ3v) is 7.16. The Bertz CT molecular complexity index is 1680. The highest BCUT2D eigenvalue weighted by molar-refractivity contribution is 5.71. The Hall–Kier alpha value is -4.02. The van der Waals surface area contributed by atoms with E-state index in [1.165, 1.54) is 21.8 Å². The van der Waals surface area contributed by atoms with Crippen LogP contribution in [-0.2, 0) is 9.47 Å². The van der Waals surface area contributed by atoms with Gasteiger partial charge in [-0.25, -0.2) is 15.4 Å². The van der Waals surface area contributed by atoms with Crippen molar-refractivity contribution in [3.8, 4) is 0 Å². The second-order valence-corrected chi connectivity index (χ2v) is 9.72. The van der Waals surface area contributed by atoms with Crippen molar-refractivity contribution in [1.82, 2.24) is 49.9 Å². The molecule has 0 bridgehead atoms. The molecule has 2 aliphatic heterocycles. The number of fused-ring (bicyclic) bond motifs is 2. The van der Waals surface area contributed by atoms with E-state index >= 15 is 0 Å². The number of imidazole rings is 2. The summed E-state index contributed by atoms with van der Waals surface area (Å²) in [5.41, 5.74) is 16.2. The van der Waals surface area contributed by atoms with Crippen molar-refractivity contribution < 1.29 is 29.9 Å². The lowest BCUT2D eigenvalue weighted by atomic mass is 10.1. The molecule has 0 aliphatic carbocycles. The molecule has 20 nitrogen and oxygen atoms in total. The van der Waals surface area contributed by atoms with Crippen LogP contribution in [0.1, 0.15) is 18.9 Å². The minimum atomic E-state index is -1.35. The average Bonchev–Trinajstić information content (AvgIpc) is 3.68. The molecule has 20 heteroatoms. The molecule has 6 heterocycles. The Morgan fingerprint density at radius 2 is 1.39 bits per heavy atom. The number of aliphatic hydroxyl groups excluding tert-OH is 4. The third-order valence-electron chi connectivity index (χ3n) is 7.16. The number of ether oxygens (including phenoxy) is 2. The molecule has 0 amide bonds. The highest BCUT2D eigenvalue weighted by Crippen LogP contribution is 2.33. The number of anilines is 2. The lowest BCUT2D eigenvalue weighted by Gasteiger charge is -2.22. The number of hydrogen-bond donors (Lipinski definition) is 10. The molecule has 41 heavy (non-hydrogen) atoms. The van der Waals surface area contributed by atoms with E-state index in [0.29, 0.717) is 0 Å². The van der Waals surface area contributed by atoms with Crippen LogP contribution in [0.5, 0.6) is 0 Å². The Morgan fingerprint density at radius 1 is 0.854 bits per heavy atom. The fourth-order valence-electron chi connectivity index (χ4n) is 5.17. The standard InChI is InChI=1S/C21H28N12O8/c22-20-27-14-9(16(38)29-20)24-4-32(14)18-12(36)8(7(3-34)41-18)31-26-2-1-6-11(35)13(37)19(40-6)33-5-25-10-15(33)28-21(23)30-17(10)39/h4-8,11-13,18-19,26,31,34-37H,1-3H2,(H3,22,27,29,38)(H3,23,28,30,39)/t6-,7-,8-,11+,12-,13-,18-,19-/m1/s1. The lowest BCUT2D eigenvalue weighted by molar-refractivity contribution is -0.0490. The number of nitrogens with one attached hydrogen (secondary N) is 4. The Labute approximate surface area is 227 Å². The van der Waals surface area contributed by atoms with Gasteiger partial charge in [0.05, 0.1) is 31.4 Å². The minimum Gasteiger partial charge on any atom is -0.394 e. The summed E-state index contributed by atoms with van der Waals surface area (Å²) in [6, 6.07) is -0.804. The van der Waals surface area contributed by atoms with Crippen LogP contribution >= 0.6 is 0 Å². The third kappa shape index (κ3) is 4.61. The number of aromatic amines is 2. The van der Waals surface area contributed by atoms with Crippen molar-refractivity contribution in [2.24, 2.45) is 0 Å². The summed E-state index contributed by atoms with van der Waals surface area (Å²) in [6.07, 6.45) is -4.86. The SMILES string of the molecule is Nc1nc2c(ncn2[C@@H]2O[C@H](CCNN[C@H]3[C@@H](O)[C@H](n4cnc5c(=O)[nH]c(N)nc54)O[C@@H]3CO)[C@H](O)[C@H]2O)c(=O)[nH]1. The Morgan fingerprint density at radius 3 is 1.95 bits per heavy atom. The monoisotopic (exact) mass is 576 g/mol. The number of hydrogen-bond acceptors (Lipinski definition) is 16. The predicted octanol–water partition coefficient (Wildman–Crippen LogP) is -4.86. The highest BCUT2D eigenvalue weighted by atomic mass is 16.6. The summed E-state index contributed by atoms with van der Waals surface area (Å²) in [7, 11) is 0. The summed E-state index contributed by atoms with van der Waals surface area (Å²) in [5.74, 6) is -0.272. The molecular weight excluding hydrogens is 548 g/mol. The molecule has 0 aromatic carbocycles. The van der Waals surface area contributed by atoms with Crippen LogP contribution in [0.25, 0.3) is 22.3 Å². The van der Waals surface area contributed by atoms with Gasteiger partial charge in [0.25, 0.3) is 11.1 Å². The molecule has 0 unspecified atom stereocenters. The van der Waals surface area contributed by atoms with Crippen molar-refractivity contribution in [2.45, 2.75) is 55.4 Å². The summed E-state index contributed by atoms with van der Waals surface area (Å²) < 4.78 is 14.4. The van der Waals surface area contributed by atoms with E-state index in [4.69, 9.17) is 20.9 Å². The molecule has 2 saturated heterocycles. The summed E-state index contributed by atoms with van der Waals surface area (Å²) >= 11 is 0. The maximum Gasteiger partial charge on any atom is 0.280 e. The summed E-state index contributed by atoms with van der Waals surface area (Å²) in [5, 5.41) is 42.1. The maximum atomic E-state index is 12.1. The zero-order chi connectivity index (χ0) is 29.0. The first kappa shape index (κ1) is 27.2. The van der Waals surface area contributed by atoms with Crippen molar-refractivity contribution in [3.05, 3.63) is 33.4 Å². The zero-order valence-electron chi connectivity index (χ0n) is 21.2. The van der Waals surface area contributed by atoms with Crippen molar-refractivity contribution in [3.63, 3.8) is 0 Å². The number of nitrogens with zero attached hydrogens (tertiary/aromatic N) is 6. The molecule has 12 N–H and O–H groups in total. The van der Waals surface area contributed by atoms with Gasteiger partial charge in [-0.05, 0) is 6.42 Å². The molecule has 0 radical (unpaired) electrons. The first-order valence-corrected chi connectivity index (χ1v) is 12.6. The van der Waals surface area contributed by atoms with Gasteiger partial charge in [0.15, 0.2) is 34.8 Å². The van der Waals surface area contributed by atoms with Gasteiger partial charge < -0.3 is 41.4 Å². The van der Waals surface area contributed by atoms with Gasteiger partial charge in [0.2, 0.25) is 11.9 Å². The van der Waals surface area contributed by atoms with Crippen LogP contribution in [0.2, 0.25) is 0 Å². The van der Waals surface area contributed by atoms with Crippen LogP contribution < -0.4 is 33.4 Å². The van der Waals surface area contributed by atoms with E-state index in [1.54, 1.807) is 0 Å².